The van der Waals surface area contributed by atoms with Gasteiger partial charge in [-0.1, -0.05) is 88.1 Å². The van der Waals surface area contributed by atoms with Crippen LogP contribution in [-0.2, 0) is 6.42 Å². The van der Waals surface area contributed by atoms with E-state index in [4.69, 9.17) is 16.0 Å². The lowest BCUT2D eigenvalue weighted by Crippen LogP contribution is -2.47. The quantitative estimate of drug-likeness (QED) is 0.121. The number of aromatic nitrogens is 2. The second-order valence-electron chi connectivity index (χ2n) is 16.3. The second-order valence-corrected chi connectivity index (χ2v) is 21.5. The van der Waals surface area contributed by atoms with Crippen molar-refractivity contribution in [1.82, 2.24) is 9.88 Å². The van der Waals surface area contributed by atoms with Gasteiger partial charge in [-0.25, -0.2) is 9.37 Å². The molecule has 7 rings (SSSR count). The van der Waals surface area contributed by atoms with E-state index in [0.717, 1.165) is 75.0 Å². The molecule has 3 aromatic heterocycles. The Morgan fingerprint density at radius 3 is 2.34 bits per heavy atom. The third kappa shape index (κ3) is 6.78. The zero-order chi connectivity index (χ0) is 37.8. The van der Waals surface area contributed by atoms with Crippen LogP contribution < -0.4 is 4.57 Å². The molecule has 4 nitrogen and oxygen atoms in total. The Labute approximate surface area is 315 Å². The molecule has 3 aromatic carbocycles. The molecule has 0 amide bonds. The Morgan fingerprint density at radius 1 is 0.981 bits per heavy atom. The zero-order valence-corrected chi connectivity index (χ0v) is 33.8. The summed E-state index contributed by atoms with van der Waals surface area (Å²) in [5.74, 6) is 0.301. The first-order chi connectivity index (χ1) is 25.3. The van der Waals surface area contributed by atoms with Gasteiger partial charge < -0.3 is 9.32 Å². The summed E-state index contributed by atoms with van der Waals surface area (Å²) in [5.41, 5.74) is 11.9. The molecule has 0 saturated heterocycles. The second kappa shape index (κ2) is 14.2. The number of halogens is 1. The Hall–Kier alpha value is -4.81. The third-order valence-corrected chi connectivity index (χ3v) is 13.8. The zero-order valence-electron chi connectivity index (χ0n) is 32.8. The molecule has 272 valence electrons. The normalized spacial score (nSPS) is 16.7. The van der Waals surface area contributed by atoms with Crippen LogP contribution in [0.1, 0.15) is 73.3 Å². The van der Waals surface area contributed by atoms with Crippen LogP contribution >= 0.6 is 0 Å². The van der Waals surface area contributed by atoms with E-state index in [0.29, 0.717) is 11.6 Å². The molecule has 0 N–H and O–H groups in total. The SMILES string of the molecule is C=C1C(N(C)/C=C(\CC)[Si](C)(C)C)C(c2ccccc2)CCc2ccc3c(oc4nc(-c5c(C)cc(F)cc5C)ccc43)c2-c2cc(C(C)C)cc[n+]21. The predicted molar refractivity (Wildman–Crippen MR) is 222 cm³/mol. The number of aryl methyl sites for hydroxylation is 3. The maximum Gasteiger partial charge on any atom is 0.227 e. The molecular formula is C47H53FN3OSi+. The number of fused-ring (bicyclic) bond motifs is 7. The van der Waals surface area contributed by atoms with Crippen LogP contribution in [0.25, 0.3) is 50.3 Å². The van der Waals surface area contributed by atoms with Gasteiger partial charge in [-0.2, -0.15) is 4.57 Å². The van der Waals surface area contributed by atoms with Crippen molar-refractivity contribution in [2.45, 2.75) is 91.4 Å². The standard InChI is InChI=1S/C47H53FN3OSi/c1-11-37(53(8,9)10)28-50(7)45-32(6)51-24-23-35(29(2)3)27-42(51)44-34(17-19-38(45)33-15-13-12-14-16-33)18-20-39-40-21-22-41(49-47(40)52-46(39)44)43-30(4)25-36(48)26-31(43)5/h12-16,18,20-29,38,45H,6,11,17,19H2,1-5,7-10H3/q+1/b37-28+. The summed E-state index contributed by atoms with van der Waals surface area (Å²) in [4.78, 5) is 7.54. The molecule has 2 atom stereocenters. The monoisotopic (exact) mass is 722 g/mol. The lowest BCUT2D eigenvalue weighted by atomic mass is 9.84. The van der Waals surface area contributed by atoms with Crippen molar-refractivity contribution >= 4 is 35.8 Å². The van der Waals surface area contributed by atoms with E-state index in [9.17, 15) is 4.39 Å². The van der Waals surface area contributed by atoms with E-state index in [-0.39, 0.29) is 17.8 Å². The third-order valence-electron chi connectivity index (χ3n) is 11.4. The van der Waals surface area contributed by atoms with E-state index in [2.05, 4.69) is 130 Å². The molecule has 6 heteroatoms. The molecule has 4 heterocycles. The number of pyridine rings is 2. The van der Waals surface area contributed by atoms with E-state index in [1.165, 1.54) is 16.7 Å². The van der Waals surface area contributed by atoms with Crippen LogP contribution in [0, 0.1) is 19.7 Å². The van der Waals surface area contributed by atoms with Gasteiger partial charge in [0.1, 0.15) is 11.9 Å². The summed E-state index contributed by atoms with van der Waals surface area (Å²) in [6.07, 6.45) is 7.53. The highest BCUT2D eigenvalue weighted by atomic mass is 28.3. The number of hydrogen-bond donors (Lipinski definition) is 0. The Balaban J connectivity index is 1.48. The summed E-state index contributed by atoms with van der Waals surface area (Å²) in [5, 5.41) is 3.55. The molecule has 0 bridgehead atoms. The van der Waals surface area contributed by atoms with Crippen molar-refractivity contribution in [3.63, 3.8) is 0 Å². The maximum atomic E-state index is 14.3. The van der Waals surface area contributed by atoms with Crippen LogP contribution in [0.5, 0.6) is 0 Å². The van der Waals surface area contributed by atoms with Crippen molar-refractivity contribution in [2.75, 3.05) is 7.05 Å². The largest absolute Gasteiger partial charge is 0.437 e. The van der Waals surface area contributed by atoms with Crippen LogP contribution in [-0.4, -0.2) is 31.0 Å². The minimum atomic E-state index is -1.55. The molecule has 53 heavy (non-hydrogen) atoms. The van der Waals surface area contributed by atoms with Crippen molar-refractivity contribution < 1.29 is 13.4 Å². The van der Waals surface area contributed by atoms with Gasteiger partial charge in [0.05, 0.1) is 19.3 Å². The van der Waals surface area contributed by atoms with Crippen LogP contribution in [0.2, 0.25) is 19.6 Å². The number of allylic oxidation sites excluding steroid dienone is 1. The van der Waals surface area contributed by atoms with Gasteiger partial charge in [-0.05, 0) is 104 Å². The van der Waals surface area contributed by atoms with Gasteiger partial charge in [0.2, 0.25) is 17.1 Å². The lowest BCUT2D eigenvalue weighted by Gasteiger charge is -2.35. The van der Waals surface area contributed by atoms with E-state index in [1.807, 2.05) is 19.9 Å². The average Bonchev–Trinajstić information content (AvgIpc) is 3.50. The van der Waals surface area contributed by atoms with E-state index < -0.39 is 8.07 Å². The number of furan rings is 1. The molecule has 0 spiro atoms. The summed E-state index contributed by atoms with van der Waals surface area (Å²) in [6, 6.07) is 27.4. The summed E-state index contributed by atoms with van der Waals surface area (Å²) >= 11 is 0. The molecular weight excluding hydrogens is 670 g/mol. The van der Waals surface area contributed by atoms with E-state index in [1.54, 1.807) is 17.3 Å². The van der Waals surface area contributed by atoms with Gasteiger partial charge in [0.15, 0.2) is 11.8 Å². The molecule has 0 saturated carbocycles. The van der Waals surface area contributed by atoms with Gasteiger partial charge in [0, 0.05) is 41.4 Å². The minimum Gasteiger partial charge on any atom is -0.437 e. The fraction of sp³-hybridized carbons (Fsp3) is 0.319. The van der Waals surface area contributed by atoms with Gasteiger partial charge >= 0.3 is 0 Å². The van der Waals surface area contributed by atoms with Crippen molar-refractivity contribution in [1.29, 1.82) is 0 Å². The number of hydrogen-bond acceptors (Lipinski definition) is 3. The van der Waals surface area contributed by atoms with Crippen molar-refractivity contribution in [3.05, 3.63) is 137 Å². The molecule has 0 fully saturated rings. The fourth-order valence-corrected chi connectivity index (χ4v) is 10.2. The minimum absolute atomic E-state index is 0.0100. The topological polar surface area (TPSA) is 33.2 Å². The lowest BCUT2D eigenvalue weighted by molar-refractivity contribution is -0.573. The van der Waals surface area contributed by atoms with Gasteiger partial charge in [0.25, 0.3) is 0 Å². The molecule has 1 aliphatic rings. The highest BCUT2D eigenvalue weighted by molar-refractivity contribution is 6.83. The summed E-state index contributed by atoms with van der Waals surface area (Å²) < 4.78 is 23.5. The summed E-state index contributed by atoms with van der Waals surface area (Å²) in [7, 11) is 0.704. The first-order valence-corrected chi connectivity index (χ1v) is 22.6. The molecule has 6 aromatic rings. The first kappa shape index (κ1) is 36.5. The number of rotatable bonds is 7. The Kier molecular flexibility index (Phi) is 9.79. The molecule has 0 aliphatic carbocycles. The van der Waals surface area contributed by atoms with Gasteiger partial charge in [-0.15, -0.1) is 0 Å². The highest BCUT2D eigenvalue weighted by Gasteiger charge is 2.38. The molecule has 2 unspecified atom stereocenters. The maximum absolute atomic E-state index is 14.3. The first-order valence-electron chi connectivity index (χ1n) is 19.1. The van der Waals surface area contributed by atoms with Crippen molar-refractivity contribution in [2.24, 2.45) is 0 Å². The molecule has 0 radical (unpaired) electrons. The number of benzene rings is 3. The Bertz CT molecular complexity index is 2360. The van der Waals surface area contributed by atoms with Crippen molar-refractivity contribution in [3.8, 4) is 22.5 Å². The highest BCUT2D eigenvalue weighted by Crippen LogP contribution is 2.42. The Morgan fingerprint density at radius 2 is 1.68 bits per heavy atom. The fourth-order valence-electron chi connectivity index (χ4n) is 8.58. The van der Waals surface area contributed by atoms with Crippen LogP contribution in [0.15, 0.2) is 107 Å². The van der Waals surface area contributed by atoms with Crippen LogP contribution in [0.4, 0.5) is 4.39 Å². The summed E-state index contributed by atoms with van der Waals surface area (Å²) in [6.45, 7) is 22.9. The smallest absolute Gasteiger partial charge is 0.227 e. The number of nitrogens with zero attached hydrogens (tertiary/aromatic N) is 3. The van der Waals surface area contributed by atoms with E-state index >= 15 is 0 Å². The predicted octanol–water partition coefficient (Wildman–Crippen LogP) is 12.2. The van der Waals surface area contributed by atoms with Gasteiger partial charge in [-0.3, -0.25) is 0 Å². The van der Waals surface area contributed by atoms with Crippen LogP contribution in [0.3, 0.4) is 0 Å². The molecule has 1 aliphatic heterocycles. The number of likely N-dealkylation sites (N-methyl/N-ethyl adjacent to an activating group) is 1. The average molecular weight is 723 g/mol.